The van der Waals surface area contributed by atoms with Gasteiger partial charge >= 0.3 is 0 Å². The summed E-state index contributed by atoms with van der Waals surface area (Å²) in [4.78, 5) is 29.2. The monoisotopic (exact) mass is 427 g/mol. The number of amides is 2. The summed E-state index contributed by atoms with van der Waals surface area (Å²) in [5.74, 6) is -0.0967. The van der Waals surface area contributed by atoms with E-state index in [2.05, 4.69) is 21.6 Å². The van der Waals surface area contributed by atoms with Crippen LogP contribution in [0, 0.1) is 0 Å². The van der Waals surface area contributed by atoms with Gasteiger partial charge in [-0.15, -0.1) is 11.3 Å². The minimum atomic E-state index is -0.0594. The zero-order chi connectivity index (χ0) is 20.8. The van der Waals surface area contributed by atoms with Gasteiger partial charge in [-0.25, -0.2) is 0 Å². The fourth-order valence-corrected chi connectivity index (χ4v) is 5.10. The van der Waals surface area contributed by atoms with Crippen LogP contribution in [0.3, 0.4) is 0 Å². The molecule has 30 heavy (non-hydrogen) atoms. The van der Waals surface area contributed by atoms with E-state index in [1.54, 1.807) is 11.3 Å². The topological polar surface area (TPSA) is 70.7 Å². The van der Waals surface area contributed by atoms with Gasteiger partial charge in [0, 0.05) is 29.3 Å². The SMILES string of the molecule is O=C(CN1CCOCC1)Nc1ccc(NC(=O)c2cc3c(s2)CCCCCC3)cc1. The molecule has 2 amide bonds. The molecule has 2 N–H and O–H groups in total. The van der Waals surface area contributed by atoms with Crippen molar-refractivity contribution in [2.75, 3.05) is 43.5 Å². The maximum Gasteiger partial charge on any atom is 0.265 e. The Morgan fingerprint density at radius 1 is 0.933 bits per heavy atom. The lowest BCUT2D eigenvalue weighted by Gasteiger charge is -2.25. The van der Waals surface area contributed by atoms with Gasteiger partial charge < -0.3 is 15.4 Å². The summed E-state index contributed by atoms with van der Waals surface area (Å²) in [6, 6.07) is 9.36. The maximum atomic E-state index is 12.7. The van der Waals surface area contributed by atoms with Crippen LogP contribution in [0.25, 0.3) is 0 Å². The number of thiophene rings is 1. The molecule has 2 aromatic rings. The number of nitrogens with one attached hydrogen (secondary N) is 2. The van der Waals surface area contributed by atoms with E-state index in [1.165, 1.54) is 36.1 Å². The average molecular weight is 428 g/mol. The molecule has 7 heteroatoms. The van der Waals surface area contributed by atoms with Gasteiger partial charge in [0.2, 0.25) is 5.91 Å². The molecule has 1 aliphatic carbocycles. The fraction of sp³-hybridized carbons (Fsp3) is 0.478. The summed E-state index contributed by atoms with van der Waals surface area (Å²) in [6.45, 7) is 3.28. The van der Waals surface area contributed by atoms with Gasteiger partial charge in [-0.05, 0) is 61.6 Å². The van der Waals surface area contributed by atoms with Crippen LogP contribution in [-0.4, -0.2) is 49.6 Å². The lowest BCUT2D eigenvalue weighted by atomic mass is 10.00. The largest absolute Gasteiger partial charge is 0.379 e. The van der Waals surface area contributed by atoms with Crippen LogP contribution >= 0.6 is 11.3 Å². The number of nitrogens with zero attached hydrogens (tertiary/aromatic N) is 1. The zero-order valence-corrected chi connectivity index (χ0v) is 18.1. The van der Waals surface area contributed by atoms with Crippen LogP contribution in [0.2, 0.25) is 0 Å². The molecule has 1 aromatic carbocycles. The Bertz CT molecular complexity index is 847. The molecule has 6 nitrogen and oxygen atoms in total. The third kappa shape index (κ3) is 5.68. The molecule has 4 rings (SSSR count). The smallest absolute Gasteiger partial charge is 0.265 e. The molecule has 0 radical (unpaired) electrons. The lowest BCUT2D eigenvalue weighted by molar-refractivity contribution is -0.118. The molecule has 2 aliphatic rings. The highest BCUT2D eigenvalue weighted by Crippen LogP contribution is 2.29. The highest BCUT2D eigenvalue weighted by Gasteiger charge is 2.17. The predicted octanol–water partition coefficient (Wildman–Crippen LogP) is 3.93. The van der Waals surface area contributed by atoms with Crippen molar-refractivity contribution in [1.29, 1.82) is 0 Å². The molecule has 0 unspecified atom stereocenters. The van der Waals surface area contributed by atoms with E-state index in [4.69, 9.17) is 4.74 Å². The summed E-state index contributed by atoms with van der Waals surface area (Å²) in [6.07, 6.45) is 7.17. The Kier molecular flexibility index (Phi) is 7.15. The van der Waals surface area contributed by atoms with E-state index < -0.39 is 0 Å². The first-order valence-electron chi connectivity index (χ1n) is 10.8. The molecule has 0 atom stereocenters. The average Bonchev–Trinajstić information content (AvgIpc) is 3.12. The van der Waals surface area contributed by atoms with Crippen LogP contribution in [0.15, 0.2) is 30.3 Å². The van der Waals surface area contributed by atoms with Crippen LogP contribution in [-0.2, 0) is 22.4 Å². The maximum absolute atomic E-state index is 12.7. The standard InChI is InChI=1S/C23H29N3O3S/c27-22(16-26-11-13-29-14-12-26)24-18-7-9-19(10-8-18)25-23(28)21-15-17-5-3-1-2-4-6-20(17)30-21/h7-10,15H,1-6,11-14,16H2,(H,24,27)(H,25,28). The summed E-state index contributed by atoms with van der Waals surface area (Å²) < 4.78 is 5.30. The fourth-order valence-electron chi connectivity index (χ4n) is 3.95. The molecule has 0 spiro atoms. The van der Waals surface area contributed by atoms with E-state index >= 15 is 0 Å². The Balaban J connectivity index is 1.31. The first kappa shape index (κ1) is 21.0. The number of carbonyl (C=O) groups is 2. The normalized spacial score (nSPS) is 17.5. The van der Waals surface area contributed by atoms with E-state index in [0.717, 1.165) is 42.2 Å². The third-order valence-corrected chi connectivity index (χ3v) is 6.85. The van der Waals surface area contributed by atoms with Crippen molar-refractivity contribution >= 4 is 34.5 Å². The van der Waals surface area contributed by atoms with Gasteiger partial charge in [-0.1, -0.05) is 12.8 Å². The molecule has 0 saturated carbocycles. The van der Waals surface area contributed by atoms with Crippen molar-refractivity contribution < 1.29 is 14.3 Å². The van der Waals surface area contributed by atoms with Crippen LogP contribution in [0.5, 0.6) is 0 Å². The summed E-state index contributed by atoms with van der Waals surface area (Å²) in [5, 5.41) is 5.90. The van der Waals surface area contributed by atoms with Gasteiger partial charge in [0.1, 0.15) is 0 Å². The van der Waals surface area contributed by atoms with Gasteiger partial charge in [-0.2, -0.15) is 0 Å². The number of ether oxygens (including phenoxy) is 1. The number of anilines is 2. The lowest BCUT2D eigenvalue weighted by Crippen LogP contribution is -2.41. The van der Waals surface area contributed by atoms with Gasteiger partial charge in [0.05, 0.1) is 24.6 Å². The van der Waals surface area contributed by atoms with Gasteiger partial charge in [0.25, 0.3) is 5.91 Å². The Morgan fingerprint density at radius 3 is 2.33 bits per heavy atom. The summed E-state index contributed by atoms with van der Waals surface area (Å²) in [5.41, 5.74) is 2.81. The first-order chi connectivity index (χ1) is 14.7. The number of morpholine rings is 1. The van der Waals surface area contributed by atoms with Crippen molar-refractivity contribution in [2.45, 2.75) is 38.5 Å². The number of carbonyl (C=O) groups excluding carboxylic acids is 2. The van der Waals surface area contributed by atoms with Crippen molar-refractivity contribution in [3.63, 3.8) is 0 Å². The predicted molar refractivity (Wildman–Crippen MR) is 120 cm³/mol. The number of hydrogen-bond acceptors (Lipinski definition) is 5. The minimum absolute atomic E-state index is 0.0373. The molecule has 2 heterocycles. The van der Waals surface area contributed by atoms with Crippen LogP contribution < -0.4 is 10.6 Å². The van der Waals surface area contributed by atoms with E-state index in [-0.39, 0.29) is 11.8 Å². The molecule has 0 bridgehead atoms. The highest BCUT2D eigenvalue weighted by molar-refractivity contribution is 7.14. The molecular weight excluding hydrogens is 398 g/mol. The van der Waals surface area contributed by atoms with E-state index in [9.17, 15) is 9.59 Å². The van der Waals surface area contributed by atoms with Crippen molar-refractivity contribution in [3.8, 4) is 0 Å². The Morgan fingerprint density at radius 2 is 1.60 bits per heavy atom. The number of rotatable bonds is 5. The first-order valence-corrected chi connectivity index (χ1v) is 11.6. The van der Waals surface area contributed by atoms with Crippen molar-refractivity contribution in [3.05, 3.63) is 45.6 Å². The molecular formula is C23H29N3O3S. The summed E-state index contributed by atoms with van der Waals surface area (Å²) in [7, 11) is 0. The second-order valence-electron chi connectivity index (χ2n) is 7.94. The Labute approximate surface area is 181 Å². The number of aryl methyl sites for hydroxylation is 2. The minimum Gasteiger partial charge on any atom is -0.379 e. The zero-order valence-electron chi connectivity index (χ0n) is 17.2. The molecule has 1 aliphatic heterocycles. The number of hydrogen-bond donors (Lipinski definition) is 2. The van der Waals surface area contributed by atoms with E-state index in [1.807, 2.05) is 24.3 Å². The number of benzene rings is 1. The second-order valence-corrected chi connectivity index (χ2v) is 9.08. The Hall–Kier alpha value is -2.22. The van der Waals surface area contributed by atoms with E-state index in [0.29, 0.717) is 19.8 Å². The van der Waals surface area contributed by atoms with Crippen LogP contribution in [0.1, 0.15) is 45.8 Å². The molecule has 1 saturated heterocycles. The summed E-state index contributed by atoms with van der Waals surface area (Å²) >= 11 is 1.63. The van der Waals surface area contributed by atoms with Gasteiger partial charge in [0.15, 0.2) is 0 Å². The quantitative estimate of drug-likeness (QED) is 0.759. The third-order valence-electron chi connectivity index (χ3n) is 5.62. The second kappa shape index (κ2) is 10.2. The number of fused-ring (bicyclic) bond motifs is 1. The van der Waals surface area contributed by atoms with Crippen molar-refractivity contribution in [1.82, 2.24) is 4.90 Å². The van der Waals surface area contributed by atoms with Gasteiger partial charge in [-0.3, -0.25) is 14.5 Å². The molecule has 1 aromatic heterocycles. The molecule has 160 valence electrons. The highest BCUT2D eigenvalue weighted by atomic mass is 32.1. The molecule has 1 fully saturated rings. The van der Waals surface area contributed by atoms with Crippen molar-refractivity contribution in [2.24, 2.45) is 0 Å². The van der Waals surface area contributed by atoms with Crippen LogP contribution in [0.4, 0.5) is 11.4 Å².